The lowest BCUT2D eigenvalue weighted by Crippen LogP contribution is -2.07. The molecule has 1 aromatic carbocycles. The summed E-state index contributed by atoms with van der Waals surface area (Å²) in [6.07, 6.45) is 0. The normalized spacial score (nSPS) is 10.1. The molecule has 0 unspecified atom stereocenters. The van der Waals surface area contributed by atoms with Crippen LogP contribution in [0.4, 0.5) is 0 Å². The monoisotopic (exact) mass is 308 g/mol. The lowest BCUT2D eigenvalue weighted by Gasteiger charge is -2.13. The summed E-state index contributed by atoms with van der Waals surface area (Å²) in [6.45, 7) is 1.26. The van der Waals surface area contributed by atoms with Crippen LogP contribution in [-0.4, -0.2) is 30.2 Å². The van der Waals surface area contributed by atoms with E-state index in [2.05, 4.69) is 9.97 Å². The number of halogens is 1. The topological polar surface area (TPSA) is 70.5 Å². The molecule has 21 heavy (non-hydrogen) atoms. The lowest BCUT2D eigenvalue weighted by molar-refractivity contribution is -0.132. The van der Waals surface area contributed by atoms with Crippen molar-refractivity contribution in [1.82, 2.24) is 9.97 Å². The van der Waals surface area contributed by atoms with E-state index in [0.29, 0.717) is 10.6 Å². The highest BCUT2D eigenvalue weighted by Gasteiger charge is 2.19. The number of carbonyl (C=O) groups is 1. The standard InChI is InChI=1S/C14H13ClN2O4/c1-8(18)21-14-16-12(19-2)11(13(17-14)20-3)9-5-4-6-10(15)7-9/h4-7H,1-3H3. The molecule has 0 saturated heterocycles. The van der Waals surface area contributed by atoms with Crippen LogP contribution in [0.15, 0.2) is 24.3 Å². The molecule has 0 saturated carbocycles. The van der Waals surface area contributed by atoms with Crippen molar-refractivity contribution in [3.63, 3.8) is 0 Å². The van der Waals surface area contributed by atoms with E-state index in [9.17, 15) is 4.79 Å². The fraction of sp³-hybridized carbons (Fsp3) is 0.214. The van der Waals surface area contributed by atoms with E-state index in [0.717, 1.165) is 5.56 Å². The first-order chi connectivity index (χ1) is 10.0. The molecule has 0 spiro atoms. The number of benzene rings is 1. The second-order valence-electron chi connectivity index (χ2n) is 4.00. The Morgan fingerprint density at radius 2 is 1.76 bits per heavy atom. The van der Waals surface area contributed by atoms with Crippen molar-refractivity contribution < 1.29 is 19.0 Å². The van der Waals surface area contributed by atoms with Crippen LogP contribution in [-0.2, 0) is 4.79 Å². The number of carbonyl (C=O) groups excluding carboxylic acids is 1. The summed E-state index contributed by atoms with van der Waals surface area (Å²) < 4.78 is 15.3. The van der Waals surface area contributed by atoms with Crippen LogP contribution < -0.4 is 14.2 Å². The van der Waals surface area contributed by atoms with Gasteiger partial charge in [-0.15, -0.1) is 0 Å². The fourth-order valence-corrected chi connectivity index (χ4v) is 1.95. The molecule has 0 aliphatic carbocycles. The molecular formula is C14H13ClN2O4. The maximum Gasteiger partial charge on any atom is 0.330 e. The van der Waals surface area contributed by atoms with E-state index < -0.39 is 5.97 Å². The van der Waals surface area contributed by atoms with Crippen LogP contribution in [0.1, 0.15) is 6.92 Å². The molecule has 1 heterocycles. The van der Waals surface area contributed by atoms with Gasteiger partial charge in [-0.05, 0) is 17.7 Å². The van der Waals surface area contributed by atoms with Crippen molar-refractivity contribution in [2.75, 3.05) is 14.2 Å². The smallest absolute Gasteiger partial charge is 0.330 e. The molecule has 0 radical (unpaired) electrons. The molecule has 0 N–H and O–H groups in total. The number of rotatable bonds is 4. The van der Waals surface area contributed by atoms with Gasteiger partial charge in [-0.1, -0.05) is 23.7 Å². The molecule has 0 aliphatic rings. The number of methoxy groups -OCH3 is 2. The second kappa shape index (κ2) is 6.41. The average molecular weight is 309 g/mol. The minimum Gasteiger partial charge on any atom is -0.480 e. The van der Waals surface area contributed by atoms with Crippen LogP contribution >= 0.6 is 11.6 Å². The highest BCUT2D eigenvalue weighted by molar-refractivity contribution is 6.30. The third-order valence-corrected chi connectivity index (χ3v) is 2.79. The van der Waals surface area contributed by atoms with Crippen LogP contribution in [0.2, 0.25) is 5.02 Å². The van der Waals surface area contributed by atoms with Crippen molar-refractivity contribution in [1.29, 1.82) is 0 Å². The van der Waals surface area contributed by atoms with Crippen LogP contribution in [0, 0.1) is 0 Å². The summed E-state index contributed by atoms with van der Waals surface area (Å²) in [4.78, 5) is 19.1. The first-order valence-corrected chi connectivity index (χ1v) is 6.37. The maximum atomic E-state index is 11.0. The van der Waals surface area contributed by atoms with E-state index in [1.165, 1.54) is 21.1 Å². The van der Waals surface area contributed by atoms with Gasteiger partial charge in [0.05, 0.1) is 14.2 Å². The van der Waals surface area contributed by atoms with E-state index in [1.807, 2.05) is 6.07 Å². The van der Waals surface area contributed by atoms with Crippen molar-refractivity contribution in [3.05, 3.63) is 29.3 Å². The number of nitrogens with zero attached hydrogens (tertiary/aromatic N) is 2. The predicted molar refractivity (Wildman–Crippen MR) is 76.9 cm³/mol. The van der Waals surface area contributed by atoms with Gasteiger partial charge < -0.3 is 14.2 Å². The lowest BCUT2D eigenvalue weighted by atomic mass is 10.1. The quantitative estimate of drug-likeness (QED) is 0.809. The van der Waals surface area contributed by atoms with Gasteiger partial charge in [0.2, 0.25) is 11.8 Å². The first-order valence-electron chi connectivity index (χ1n) is 5.99. The molecule has 0 fully saturated rings. The Labute approximate surface area is 126 Å². The zero-order chi connectivity index (χ0) is 15.4. The van der Waals surface area contributed by atoms with Gasteiger partial charge in [0.1, 0.15) is 5.56 Å². The van der Waals surface area contributed by atoms with E-state index in [1.54, 1.807) is 18.2 Å². The second-order valence-corrected chi connectivity index (χ2v) is 4.44. The fourth-order valence-electron chi connectivity index (χ4n) is 1.76. The molecule has 7 heteroatoms. The summed E-state index contributed by atoms with van der Waals surface area (Å²) in [7, 11) is 2.90. The maximum absolute atomic E-state index is 11.0. The van der Waals surface area contributed by atoms with Gasteiger partial charge in [-0.2, -0.15) is 9.97 Å². The zero-order valence-corrected chi connectivity index (χ0v) is 12.5. The van der Waals surface area contributed by atoms with Gasteiger partial charge in [0, 0.05) is 11.9 Å². The van der Waals surface area contributed by atoms with Crippen molar-refractivity contribution in [2.24, 2.45) is 0 Å². The third-order valence-electron chi connectivity index (χ3n) is 2.56. The van der Waals surface area contributed by atoms with Crippen molar-refractivity contribution in [3.8, 4) is 28.9 Å². The number of hydrogen-bond donors (Lipinski definition) is 0. The van der Waals surface area contributed by atoms with Gasteiger partial charge >= 0.3 is 12.0 Å². The summed E-state index contributed by atoms with van der Waals surface area (Å²) >= 11 is 5.99. The predicted octanol–water partition coefficient (Wildman–Crippen LogP) is 2.74. The molecule has 0 aliphatic heterocycles. The van der Waals surface area contributed by atoms with Crippen LogP contribution in [0.25, 0.3) is 11.1 Å². The Morgan fingerprint density at radius 3 is 2.24 bits per heavy atom. The van der Waals surface area contributed by atoms with Crippen molar-refractivity contribution in [2.45, 2.75) is 6.92 Å². The highest BCUT2D eigenvalue weighted by Crippen LogP contribution is 2.37. The Bertz CT molecular complexity index is 651. The van der Waals surface area contributed by atoms with E-state index in [-0.39, 0.29) is 17.8 Å². The molecule has 6 nitrogen and oxygen atoms in total. The Balaban J connectivity index is 2.61. The van der Waals surface area contributed by atoms with E-state index in [4.69, 9.17) is 25.8 Å². The van der Waals surface area contributed by atoms with Crippen LogP contribution in [0.3, 0.4) is 0 Å². The molecule has 0 amide bonds. The Hall–Kier alpha value is -2.34. The largest absolute Gasteiger partial charge is 0.480 e. The molecule has 2 aromatic rings. The summed E-state index contributed by atoms with van der Waals surface area (Å²) in [5, 5.41) is 0.556. The minimum atomic E-state index is -0.533. The van der Waals surface area contributed by atoms with Crippen molar-refractivity contribution >= 4 is 17.6 Å². The first kappa shape index (κ1) is 15.1. The van der Waals surface area contributed by atoms with Gasteiger partial charge in [-0.3, -0.25) is 4.79 Å². The highest BCUT2D eigenvalue weighted by atomic mass is 35.5. The Morgan fingerprint density at radius 1 is 1.14 bits per heavy atom. The average Bonchev–Trinajstić information content (AvgIpc) is 2.45. The number of hydrogen-bond acceptors (Lipinski definition) is 6. The Kier molecular flexibility index (Phi) is 4.59. The molecule has 110 valence electrons. The molecule has 0 bridgehead atoms. The number of ether oxygens (including phenoxy) is 3. The number of aromatic nitrogens is 2. The summed E-state index contributed by atoms with van der Waals surface area (Å²) in [6, 6.07) is 6.95. The molecule has 2 rings (SSSR count). The summed E-state index contributed by atoms with van der Waals surface area (Å²) in [5.74, 6) is -0.0876. The number of esters is 1. The summed E-state index contributed by atoms with van der Waals surface area (Å²) in [5.41, 5.74) is 1.25. The van der Waals surface area contributed by atoms with Gasteiger partial charge in [0.25, 0.3) is 0 Å². The zero-order valence-electron chi connectivity index (χ0n) is 11.7. The minimum absolute atomic E-state index is 0.137. The SMILES string of the molecule is COc1nc(OC(C)=O)nc(OC)c1-c1cccc(Cl)c1. The van der Waals surface area contributed by atoms with Crippen LogP contribution in [0.5, 0.6) is 17.8 Å². The van der Waals surface area contributed by atoms with Gasteiger partial charge in [-0.25, -0.2) is 0 Å². The van der Waals surface area contributed by atoms with E-state index >= 15 is 0 Å². The molecular weight excluding hydrogens is 296 g/mol. The third kappa shape index (κ3) is 3.41. The molecule has 1 aromatic heterocycles. The molecule has 0 atom stereocenters. The van der Waals surface area contributed by atoms with Gasteiger partial charge in [0.15, 0.2) is 0 Å².